The van der Waals surface area contributed by atoms with E-state index in [9.17, 15) is 32.3 Å². The van der Waals surface area contributed by atoms with Crippen LogP contribution in [0.3, 0.4) is 0 Å². The zero-order valence-electron chi connectivity index (χ0n) is 16.6. The number of aromatic hydroxyl groups is 1. The van der Waals surface area contributed by atoms with E-state index < -0.39 is 47.0 Å². The second-order valence-corrected chi connectivity index (χ2v) is 7.07. The predicted molar refractivity (Wildman–Crippen MR) is 104 cm³/mol. The molecule has 0 saturated carbocycles. The molecule has 1 aromatic heterocycles. The van der Waals surface area contributed by atoms with Gasteiger partial charge in [0.2, 0.25) is 12.5 Å². The summed E-state index contributed by atoms with van der Waals surface area (Å²) < 4.78 is 62.5. The van der Waals surface area contributed by atoms with Gasteiger partial charge in [-0.15, -0.1) is 0 Å². The average Bonchev–Trinajstić information content (AvgIpc) is 3.22. The first-order chi connectivity index (χ1) is 15.6. The number of nitrogens with zero attached hydrogens (tertiary/aromatic N) is 1. The summed E-state index contributed by atoms with van der Waals surface area (Å²) in [6.07, 6.45) is -4.82. The molecule has 33 heavy (non-hydrogen) atoms. The molecule has 0 spiro atoms. The van der Waals surface area contributed by atoms with Gasteiger partial charge in [0.05, 0.1) is 5.56 Å². The number of aromatic nitrogens is 2. The normalized spacial score (nSPS) is 12.6. The highest BCUT2D eigenvalue weighted by Crippen LogP contribution is 2.33. The van der Waals surface area contributed by atoms with Gasteiger partial charge >= 0.3 is 6.18 Å². The predicted octanol–water partition coefficient (Wildman–Crippen LogP) is 2.88. The Bertz CT molecular complexity index is 1290. The number of carbonyl (C=O) groups is 1. The van der Waals surface area contributed by atoms with Crippen LogP contribution in [0.4, 0.5) is 17.6 Å². The Hall–Kier alpha value is -4.09. The number of hydrogen-bond acceptors (Lipinski definition) is 6. The van der Waals surface area contributed by atoms with Crippen LogP contribution in [0.25, 0.3) is 0 Å². The first-order valence-corrected chi connectivity index (χ1v) is 9.46. The average molecular weight is 465 g/mol. The number of carbonyl (C=O) groups excluding carboxylic acids is 1. The molecule has 0 unspecified atom stereocenters. The van der Waals surface area contributed by atoms with Crippen LogP contribution in [-0.4, -0.2) is 27.8 Å². The minimum absolute atomic E-state index is 0.0398. The van der Waals surface area contributed by atoms with Gasteiger partial charge in [-0.1, -0.05) is 12.1 Å². The molecular weight excluding hydrogens is 450 g/mol. The molecule has 0 fully saturated rings. The van der Waals surface area contributed by atoms with Crippen molar-refractivity contribution in [3.8, 4) is 17.2 Å². The van der Waals surface area contributed by atoms with E-state index in [0.717, 1.165) is 6.07 Å². The fourth-order valence-electron chi connectivity index (χ4n) is 3.17. The van der Waals surface area contributed by atoms with Crippen molar-refractivity contribution in [2.24, 2.45) is 0 Å². The third kappa shape index (κ3) is 4.73. The van der Waals surface area contributed by atoms with Crippen molar-refractivity contribution in [3.05, 3.63) is 80.8 Å². The first kappa shape index (κ1) is 22.1. The monoisotopic (exact) mass is 465 g/mol. The topological polar surface area (TPSA) is 114 Å². The highest BCUT2D eigenvalue weighted by molar-refractivity contribution is 5.94. The maximum Gasteiger partial charge on any atom is 0.419 e. The zero-order valence-corrected chi connectivity index (χ0v) is 16.6. The van der Waals surface area contributed by atoms with Crippen LogP contribution in [0.15, 0.2) is 41.2 Å². The number of H-pyrrole nitrogens is 1. The molecule has 172 valence electrons. The summed E-state index contributed by atoms with van der Waals surface area (Å²) in [6.45, 7) is -0.344. The summed E-state index contributed by atoms with van der Waals surface area (Å²) >= 11 is 0. The van der Waals surface area contributed by atoms with Crippen molar-refractivity contribution >= 4 is 5.91 Å². The quantitative estimate of drug-likeness (QED) is 0.500. The lowest BCUT2D eigenvalue weighted by atomic mass is 10.1. The number of benzene rings is 2. The molecule has 8 nitrogen and oxygen atoms in total. The summed E-state index contributed by atoms with van der Waals surface area (Å²) in [5.74, 6) is -2.27. The van der Waals surface area contributed by atoms with Gasteiger partial charge in [-0.25, -0.2) is 9.37 Å². The van der Waals surface area contributed by atoms with Crippen molar-refractivity contribution in [2.45, 2.75) is 19.1 Å². The molecule has 3 aromatic rings. The Morgan fingerprint density at radius 3 is 2.61 bits per heavy atom. The van der Waals surface area contributed by atoms with Crippen molar-refractivity contribution in [1.82, 2.24) is 15.3 Å². The third-order valence-corrected chi connectivity index (χ3v) is 4.76. The Morgan fingerprint density at radius 2 is 1.85 bits per heavy atom. The van der Waals surface area contributed by atoms with Gasteiger partial charge in [-0.2, -0.15) is 13.2 Å². The van der Waals surface area contributed by atoms with Gasteiger partial charge in [-0.05, 0) is 35.4 Å². The number of nitrogens with one attached hydrogen (secondary N) is 2. The molecule has 0 atom stereocenters. The number of amides is 1. The molecular formula is C21H15F4N3O5. The van der Waals surface area contributed by atoms with Crippen molar-refractivity contribution in [1.29, 1.82) is 0 Å². The Balaban J connectivity index is 1.52. The summed E-state index contributed by atoms with van der Waals surface area (Å²) in [7, 11) is 0. The second-order valence-electron chi connectivity index (χ2n) is 7.07. The molecule has 0 aliphatic carbocycles. The van der Waals surface area contributed by atoms with E-state index in [-0.39, 0.29) is 24.6 Å². The number of fused-ring (bicyclic) bond motifs is 1. The van der Waals surface area contributed by atoms with Crippen LogP contribution in [-0.2, 0) is 19.1 Å². The van der Waals surface area contributed by atoms with Crippen LogP contribution in [0, 0.1) is 5.82 Å². The van der Waals surface area contributed by atoms with E-state index in [4.69, 9.17) is 9.47 Å². The lowest BCUT2D eigenvalue weighted by Crippen LogP contribution is -2.27. The number of aromatic amines is 1. The van der Waals surface area contributed by atoms with Crippen molar-refractivity contribution in [2.75, 3.05) is 6.79 Å². The van der Waals surface area contributed by atoms with Gasteiger partial charge in [-0.3, -0.25) is 9.59 Å². The van der Waals surface area contributed by atoms with E-state index in [2.05, 4.69) is 15.3 Å². The van der Waals surface area contributed by atoms with Crippen LogP contribution < -0.4 is 20.3 Å². The molecule has 12 heteroatoms. The molecule has 4 rings (SSSR count). The lowest BCUT2D eigenvalue weighted by Gasteiger charge is -2.11. The molecule has 0 radical (unpaired) electrons. The number of rotatable bonds is 5. The van der Waals surface area contributed by atoms with Crippen LogP contribution in [0.1, 0.15) is 33.0 Å². The Kier molecular flexibility index (Phi) is 5.66. The molecule has 0 bridgehead atoms. The van der Waals surface area contributed by atoms with Gasteiger partial charge in [0.25, 0.3) is 11.5 Å². The summed E-state index contributed by atoms with van der Waals surface area (Å²) in [4.78, 5) is 30.9. The van der Waals surface area contributed by atoms with E-state index in [1.807, 2.05) is 0 Å². The summed E-state index contributed by atoms with van der Waals surface area (Å²) in [5, 5.41) is 12.2. The van der Waals surface area contributed by atoms with Crippen LogP contribution >= 0.6 is 0 Å². The molecule has 1 aliphatic rings. The maximum atomic E-state index is 13.4. The lowest BCUT2D eigenvalue weighted by molar-refractivity contribution is -0.140. The summed E-state index contributed by atoms with van der Waals surface area (Å²) in [6, 6.07) is 7.31. The SMILES string of the molecule is O=C(NCc1ccc(F)c(C(F)(F)F)c1)c1nc(Cc2ccc3c(c2)OCO3)[nH]c(=O)c1O. The molecule has 1 aliphatic heterocycles. The van der Waals surface area contributed by atoms with Crippen molar-refractivity contribution < 1.29 is 36.9 Å². The van der Waals surface area contributed by atoms with Gasteiger partial charge < -0.3 is 24.9 Å². The summed E-state index contributed by atoms with van der Waals surface area (Å²) in [5.41, 5.74) is -2.41. The molecule has 0 saturated heterocycles. The standard InChI is InChI=1S/C21H15F4N3O5/c22-13-3-1-11(5-12(13)21(23,24)25)8-26-19(30)17-18(29)20(31)28-16(27-17)7-10-2-4-14-15(6-10)33-9-32-14/h1-6,29H,7-9H2,(H,26,30)(H,27,28,31). The third-order valence-electron chi connectivity index (χ3n) is 4.76. The first-order valence-electron chi connectivity index (χ1n) is 9.46. The molecule has 1 amide bonds. The Labute approximate surface area is 182 Å². The largest absolute Gasteiger partial charge is 0.501 e. The highest BCUT2D eigenvalue weighted by atomic mass is 19.4. The van der Waals surface area contributed by atoms with Gasteiger partial charge in [0, 0.05) is 13.0 Å². The van der Waals surface area contributed by atoms with Crippen LogP contribution in [0.2, 0.25) is 0 Å². The van der Waals surface area contributed by atoms with E-state index in [0.29, 0.717) is 29.2 Å². The van der Waals surface area contributed by atoms with Gasteiger partial charge in [0.15, 0.2) is 17.2 Å². The second kappa shape index (κ2) is 8.45. The van der Waals surface area contributed by atoms with E-state index in [1.165, 1.54) is 0 Å². The van der Waals surface area contributed by atoms with E-state index >= 15 is 0 Å². The molecule has 2 heterocycles. The van der Waals surface area contributed by atoms with Crippen molar-refractivity contribution in [3.63, 3.8) is 0 Å². The molecule has 3 N–H and O–H groups in total. The Morgan fingerprint density at radius 1 is 1.12 bits per heavy atom. The maximum absolute atomic E-state index is 13.4. The minimum atomic E-state index is -4.90. The van der Waals surface area contributed by atoms with E-state index in [1.54, 1.807) is 18.2 Å². The number of hydrogen-bond donors (Lipinski definition) is 3. The minimum Gasteiger partial charge on any atom is -0.501 e. The highest BCUT2D eigenvalue weighted by Gasteiger charge is 2.34. The number of halogens is 4. The van der Waals surface area contributed by atoms with Gasteiger partial charge in [0.1, 0.15) is 11.6 Å². The van der Waals surface area contributed by atoms with Crippen LogP contribution in [0.5, 0.6) is 17.2 Å². The smallest absolute Gasteiger partial charge is 0.419 e. The zero-order chi connectivity index (χ0) is 23.8. The number of alkyl halides is 3. The fraction of sp³-hybridized carbons (Fsp3) is 0.190. The fourth-order valence-corrected chi connectivity index (χ4v) is 3.17. The molecule has 2 aromatic carbocycles. The number of ether oxygens (including phenoxy) is 2.